The quantitative estimate of drug-likeness (QED) is 0.580. The fraction of sp³-hybridized carbons (Fsp3) is 0.500. The maximum absolute atomic E-state index is 4.39. The maximum atomic E-state index is 4.39. The molecule has 0 spiro atoms. The molecule has 0 saturated carbocycles. The van der Waals surface area contributed by atoms with Gasteiger partial charge >= 0.3 is 0 Å². The minimum atomic E-state index is 0.826. The van der Waals surface area contributed by atoms with E-state index in [9.17, 15) is 0 Å². The minimum Gasteiger partial charge on any atom is -0.340 e. The highest BCUT2D eigenvalue weighted by atomic mass is 15.2. The number of hydrogen-bond donors (Lipinski definition) is 0. The highest BCUT2D eigenvalue weighted by Crippen LogP contribution is 2.14. The average Bonchev–Trinajstić information content (AvgIpc) is 2.08. The first-order valence-corrected chi connectivity index (χ1v) is 4.23. The Morgan fingerprint density at radius 3 is 2.83 bits per heavy atom. The summed E-state index contributed by atoms with van der Waals surface area (Å²) < 4.78 is 0. The maximum Gasteiger partial charge on any atom is 0.0998 e. The number of amidine groups is 1. The first kappa shape index (κ1) is 9.04. The van der Waals surface area contributed by atoms with Gasteiger partial charge in [0, 0.05) is 13.2 Å². The summed E-state index contributed by atoms with van der Waals surface area (Å²) in [5.41, 5.74) is 2.63. The van der Waals surface area contributed by atoms with Gasteiger partial charge in [0.05, 0.1) is 12.4 Å². The highest BCUT2D eigenvalue weighted by molar-refractivity contribution is 5.81. The number of nitrogens with zero attached hydrogens (tertiary/aromatic N) is 2. The van der Waals surface area contributed by atoms with Crippen LogP contribution in [-0.2, 0) is 0 Å². The molecule has 0 amide bonds. The predicted octanol–water partition coefficient (Wildman–Crippen LogP) is 2.20. The molecule has 0 fully saturated rings. The molecule has 0 aromatic rings. The molecule has 66 valence electrons. The lowest BCUT2D eigenvalue weighted by atomic mass is 10.1. The first-order valence-electron chi connectivity index (χ1n) is 4.23. The zero-order chi connectivity index (χ0) is 9.14. The van der Waals surface area contributed by atoms with E-state index >= 15 is 0 Å². The first-order chi connectivity index (χ1) is 5.65. The molecule has 1 aliphatic heterocycles. The molecular formula is C10H16N2. The second kappa shape index (κ2) is 3.57. The molecule has 1 rings (SSSR count). The van der Waals surface area contributed by atoms with E-state index in [1.54, 1.807) is 0 Å². The van der Waals surface area contributed by atoms with E-state index in [1.165, 1.54) is 11.1 Å². The zero-order valence-corrected chi connectivity index (χ0v) is 8.26. The smallest absolute Gasteiger partial charge is 0.0998 e. The van der Waals surface area contributed by atoms with Gasteiger partial charge in [0.2, 0.25) is 0 Å². The Kier molecular flexibility index (Phi) is 2.69. The van der Waals surface area contributed by atoms with Crippen molar-refractivity contribution in [2.24, 2.45) is 4.99 Å². The predicted molar refractivity (Wildman–Crippen MR) is 53.3 cm³/mol. The van der Waals surface area contributed by atoms with E-state index in [2.05, 4.69) is 36.0 Å². The molecule has 0 aromatic carbocycles. The van der Waals surface area contributed by atoms with Gasteiger partial charge in [-0.2, -0.15) is 0 Å². The molecule has 0 N–H and O–H groups in total. The summed E-state index contributed by atoms with van der Waals surface area (Å²) in [4.78, 5) is 6.46. The molecule has 1 aliphatic rings. The lowest BCUT2D eigenvalue weighted by Crippen LogP contribution is -2.23. The van der Waals surface area contributed by atoms with Crippen molar-refractivity contribution >= 4 is 5.84 Å². The fourth-order valence-corrected chi connectivity index (χ4v) is 1.09. The summed E-state index contributed by atoms with van der Waals surface area (Å²) in [5.74, 6) is 1.09. The molecule has 0 radical (unpaired) electrons. The molecule has 12 heavy (non-hydrogen) atoms. The second-order valence-corrected chi connectivity index (χ2v) is 3.10. The van der Waals surface area contributed by atoms with Crippen molar-refractivity contribution in [2.75, 3.05) is 13.6 Å². The molecule has 0 bridgehead atoms. The summed E-state index contributed by atoms with van der Waals surface area (Å²) in [7, 11) is 2.03. The van der Waals surface area contributed by atoms with Crippen molar-refractivity contribution in [3.8, 4) is 0 Å². The summed E-state index contributed by atoms with van der Waals surface area (Å²) >= 11 is 0. The summed E-state index contributed by atoms with van der Waals surface area (Å²) in [5, 5.41) is 0. The van der Waals surface area contributed by atoms with Crippen LogP contribution < -0.4 is 0 Å². The van der Waals surface area contributed by atoms with Crippen molar-refractivity contribution in [1.29, 1.82) is 0 Å². The third kappa shape index (κ3) is 1.76. The molecule has 2 nitrogen and oxygen atoms in total. The van der Waals surface area contributed by atoms with Gasteiger partial charge in [-0.05, 0) is 31.9 Å². The number of hydrogen-bond acceptors (Lipinski definition) is 2. The van der Waals surface area contributed by atoms with Crippen LogP contribution in [0.25, 0.3) is 0 Å². The SMILES string of the molecule is CC=C(C)C1=CN(C)C(C)=NC1. The van der Waals surface area contributed by atoms with Crippen LogP contribution in [0.15, 0.2) is 28.4 Å². The topological polar surface area (TPSA) is 15.6 Å². The Balaban J connectivity index is 2.80. The third-order valence-corrected chi connectivity index (χ3v) is 2.28. The molecule has 1 heterocycles. The minimum absolute atomic E-state index is 0.826. The Morgan fingerprint density at radius 1 is 1.67 bits per heavy atom. The fourth-order valence-electron chi connectivity index (χ4n) is 1.09. The lowest BCUT2D eigenvalue weighted by Gasteiger charge is -2.21. The number of rotatable bonds is 1. The monoisotopic (exact) mass is 164 g/mol. The van der Waals surface area contributed by atoms with Gasteiger partial charge in [0.15, 0.2) is 0 Å². The van der Waals surface area contributed by atoms with Crippen LogP contribution in [0.4, 0.5) is 0 Å². The van der Waals surface area contributed by atoms with Crippen LogP contribution in [0.2, 0.25) is 0 Å². The Bertz CT molecular complexity index is 259. The Morgan fingerprint density at radius 2 is 2.33 bits per heavy atom. The zero-order valence-electron chi connectivity index (χ0n) is 8.26. The normalized spacial score (nSPS) is 19.0. The van der Waals surface area contributed by atoms with E-state index < -0.39 is 0 Å². The van der Waals surface area contributed by atoms with Gasteiger partial charge in [-0.25, -0.2) is 0 Å². The van der Waals surface area contributed by atoms with Crippen molar-refractivity contribution < 1.29 is 0 Å². The molecule has 0 aliphatic carbocycles. The van der Waals surface area contributed by atoms with Gasteiger partial charge in [-0.3, -0.25) is 4.99 Å². The van der Waals surface area contributed by atoms with Crippen LogP contribution in [0.3, 0.4) is 0 Å². The van der Waals surface area contributed by atoms with Gasteiger partial charge in [-0.1, -0.05) is 6.08 Å². The van der Waals surface area contributed by atoms with Gasteiger partial charge in [0.1, 0.15) is 0 Å². The van der Waals surface area contributed by atoms with E-state index in [0.29, 0.717) is 0 Å². The van der Waals surface area contributed by atoms with E-state index in [0.717, 1.165) is 12.4 Å². The van der Waals surface area contributed by atoms with Crippen molar-refractivity contribution in [3.05, 3.63) is 23.4 Å². The molecule has 0 saturated heterocycles. The second-order valence-electron chi connectivity index (χ2n) is 3.10. The lowest BCUT2D eigenvalue weighted by molar-refractivity contribution is 0.654. The summed E-state index contributed by atoms with van der Waals surface area (Å²) in [6.07, 6.45) is 4.27. The number of aliphatic imine (C=N–C) groups is 1. The third-order valence-electron chi connectivity index (χ3n) is 2.28. The molecule has 0 atom stereocenters. The highest BCUT2D eigenvalue weighted by Gasteiger charge is 2.07. The van der Waals surface area contributed by atoms with Crippen LogP contribution in [0.1, 0.15) is 20.8 Å². The van der Waals surface area contributed by atoms with Crippen LogP contribution in [-0.4, -0.2) is 24.3 Å². The molecular weight excluding hydrogens is 148 g/mol. The van der Waals surface area contributed by atoms with E-state index in [1.807, 2.05) is 14.0 Å². The summed E-state index contributed by atoms with van der Waals surface area (Å²) in [6, 6.07) is 0. The average molecular weight is 164 g/mol. The molecule has 0 unspecified atom stereocenters. The Labute approximate surface area is 74.3 Å². The van der Waals surface area contributed by atoms with Gasteiger partial charge in [0.25, 0.3) is 0 Å². The largest absolute Gasteiger partial charge is 0.340 e. The van der Waals surface area contributed by atoms with Crippen molar-refractivity contribution in [1.82, 2.24) is 4.90 Å². The van der Waals surface area contributed by atoms with Gasteiger partial charge in [-0.15, -0.1) is 0 Å². The Hall–Kier alpha value is -1.05. The van der Waals surface area contributed by atoms with Crippen molar-refractivity contribution in [2.45, 2.75) is 20.8 Å². The molecule has 2 heteroatoms. The van der Waals surface area contributed by atoms with Crippen LogP contribution in [0.5, 0.6) is 0 Å². The molecule has 0 aromatic heterocycles. The van der Waals surface area contributed by atoms with Crippen LogP contribution in [0, 0.1) is 0 Å². The van der Waals surface area contributed by atoms with Gasteiger partial charge < -0.3 is 4.90 Å². The standard InChI is InChI=1S/C10H16N2/c1-5-8(2)10-6-11-9(3)12(4)7-10/h5,7H,6H2,1-4H3. The summed E-state index contributed by atoms with van der Waals surface area (Å²) in [6.45, 7) is 7.03. The van der Waals surface area contributed by atoms with Crippen molar-refractivity contribution in [3.63, 3.8) is 0 Å². The van der Waals surface area contributed by atoms with E-state index in [-0.39, 0.29) is 0 Å². The van der Waals surface area contributed by atoms with E-state index in [4.69, 9.17) is 0 Å². The van der Waals surface area contributed by atoms with Crippen LogP contribution >= 0.6 is 0 Å². The number of allylic oxidation sites excluding steroid dienone is 1.